The fourth-order valence-corrected chi connectivity index (χ4v) is 3.22. The fraction of sp³-hybridized carbons (Fsp3) is 0.273. The highest BCUT2D eigenvalue weighted by Crippen LogP contribution is 2.20. The molecule has 0 aliphatic heterocycles. The number of hydrogen-bond donors (Lipinski definition) is 1. The Bertz CT molecular complexity index is 924. The number of carbonyl (C=O) groups is 1. The van der Waals surface area contributed by atoms with E-state index in [0.717, 1.165) is 41.4 Å². The van der Waals surface area contributed by atoms with Crippen LogP contribution in [0.5, 0.6) is 0 Å². The van der Waals surface area contributed by atoms with Crippen molar-refractivity contribution in [2.75, 3.05) is 23.3 Å². The van der Waals surface area contributed by atoms with Crippen molar-refractivity contribution < 1.29 is 4.79 Å². The highest BCUT2D eigenvalue weighted by molar-refractivity contribution is 6.05. The Morgan fingerprint density at radius 2 is 1.70 bits per heavy atom. The molecule has 0 saturated heterocycles. The van der Waals surface area contributed by atoms with E-state index in [2.05, 4.69) is 29.2 Å². The number of benzene rings is 2. The largest absolute Gasteiger partial charge is 0.372 e. The third-order valence-corrected chi connectivity index (χ3v) is 4.85. The first-order chi connectivity index (χ1) is 13.0. The van der Waals surface area contributed by atoms with Crippen LogP contribution in [0.2, 0.25) is 0 Å². The molecule has 0 saturated carbocycles. The molecule has 0 fully saturated rings. The average Bonchev–Trinajstić information content (AvgIpc) is 3.06. The second-order valence-corrected chi connectivity index (χ2v) is 6.52. The van der Waals surface area contributed by atoms with Gasteiger partial charge < -0.3 is 10.2 Å². The first kappa shape index (κ1) is 18.7. The van der Waals surface area contributed by atoms with Crippen LogP contribution < -0.4 is 10.2 Å². The molecule has 3 rings (SSSR count). The predicted octanol–water partition coefficient (Wildman–Crippen LogP) is 4.59. The monoisotopic (exact) mass is 362 g/mol. The molecule has 27 heavy (non-hydrogen) atoms. The van der Waals surface area contributed by atoms with Gasteiger partial charge in [-0.15, -0.1) is 0 Å². The minimum Gasteiger partial charge on any atom is -0.372 e. The third-order valence-electron chi connectivity index (χ3n) is 4.85. The first-order valence-electron chi connectivity index (χ1n) is 9.32. The standard InChI is InChI=1S/C22H26N4O/c1-5-25(6-2)19-13-11-18(12-14-19)24-22(27)20-15-23-26(17(20)4)21-10-8-7-9-16(21)3/h7-15H,5-6H2,1-4H3,(H,24,27). The van der Waals surface area contributed by atoms with E-state index in [0.29, 0.717) is 5.56 Å². The van der Waals surface area contributed by atoms with Gasteiger partial charge in [0.15, 0.2) is 0 Å². The second kappa shape index (κ2) is 8.08. The van der Waals surface area contributed by atoms with Crippen molar-refractivity contribution in [3.8, 4) is 5.69 Å². The summed E-state index contributed by atoms with van der Waals surface area (Å²) >= 11 is 0. The lowest BCUT2D eigenvalue weighted by Gasteiger charge is -2.21. The van der Waals surface area contributed by atoms with Crippen molar-refractivity contribution in [3.63, 3.8) is 0 Å². The van der Waals surface area contributed by atoms with Gasteiger partial charge in [-0.25, -0.2) is 4.68 Å². The number of para-hydroxylation sites is 1. The van der Waals surface area contributed by atoms with Crippen molar-refractivity contribution in [3.05, 3.63) is 71.5 Å². The minimum atomic E-state index is -0.150. The highest BCUT2D eigenvalue weighted by atomic mass is 16.1. The molecule has 1 N–H and O–H groups in total. The van der Waals surface area contributed by atoms with Gasteiger partial charge in [0.25, 0.3) is 5.91 Å². The number of hydrogen-bond acceptors (Lipinski definition) is 3. The van der Waals surface area contributed by atoms with Gasteiger partial charge in [0.2, 0.25) is 0 Å². The van der Waals surface area contributed by atoms with Gasteiger partial charge >= 0.3 is 0 Å². The Balaban J connectivity index is 1.78. The summed E-state index contributed by atoms with van der Waals surface area (Å²) in [6.45, 7) is 10.1. The highest BCUT2D eigenvalue weighted by Gasteiger charge is 2.16. The third kappa shape index (κ3) is 3.87. The molecule has 2 aromatic carbocycles. The van der Waals surface area contributed by atoms with E-state index in [1.54, 1.807) is 6.20 Å². The van der Waals surface area contributed by atoms with Crippen LogP contribution in [0, 0.1) is 13.8 Å². The Morgan fingerprint density at radius 3 is 2.33 bits per heavy atom. The maximum atomic E-state index is 12.7. The molecule has 0 unspecified atom stereocenters. The molecule has 0 aliphatic carbocycles. The summed E-state index contributed by atoms with van der Waals surface area (Å²) in [4.78, 5) is 15.0. The summed E-state index contributed by atoms with van der Waals surface area (Å²) in [5, 5.41) is 7.39. The van der Waals surface area contributed by atoms with Gasteiger partial charge in [-0.1, -0.05) is 18.2 Å². The van der Waals surface area contributed by atoms with E-state index < -0.39 is 0 Å². The van der Waals surface area contributed by atoms with Gasteiger partial charge in [0, 0.05) is 24.5 Å². The van der Waals surface area contributed by atoms with Gasteiger partial charge in [-0.2, -0.15) is 5.10 Å². The van der Waals surface area contributed by atoms with Crippen LogP contribution in [0.15, 0.2) is 54.7 Å². The van der Waals surface area contributed by atoms with Crippen LogP contribution in [0.3, 0.4) is 0 Å². The smallest absolute Gasteiger partial charge is 0.259 e. The molecule has 0 spiro atoms. The van der Waals surface area contributed by atoms with Crippen LogP contribution in [0.1, 0.15) is 35.5 Å². The molecule has 1 heterocycles. The van der Waals surface area contributed by atoms with Crippen molar-refractivity contribution in [2.45, 2.75) is 27.7 Å². The number of amides is 1. The first-order valence-corrected chi connectivity index (χ1v) is 9.32. The zero-order valence-corrected chi connectivity index (χ0v) is 16.4. The van der Waals surface area contributed by atoms with E-state index >= 15 is 0 Å². The van der Waals surface area contributed by atoms with E-state index in [1.165, 1.54) is 0 Å². The number of aromatic nitrogens is 2. The maximum Gasteiger partial charge on any atom is 0.259 e. The van der Waals surface area contributed by atoms with E-state index in [9.17, 15) is 4.79 Å². The average molecular weight is 362 g/mol. The number of aryl methyl sites for hydroxylation is 1. The Labute approximate surface area is 160 Å². The van der Waals surface area contributed by atoms with E-state index in [1.807, 2.05) is 67.1 Å². The molecule has 140 valence electrons. The van der Waals surface area contributed by atoms with Crippen LogP contribution in [-0.4, -0.2) is 28.8 Å². The summed E-state index contributed by atoms with van der Waals surface area (Å²) in [6, 6.07) is 15.9. The Hall–Kier alpha value is -3.08. The Kier molecular flexibility index (Phi) is 5.60. The molecule has 0 radical (unpaired) electrons. The summed E-state index contributed by atoms with van der Waals surface area (Å²) in [5.74, 6) is -0.150. The summed E-state index contributed by atoms with van der Waals surface area (Å²) in [7, 11) is 0. The van der Waals surface area contributed by atoms with Crippen molar-refractivity contribution in [1.82, 2.24) is 9.78 Å². The van der Waals surface area contributed by atoms with Gasteiger partial charge in [0.1, 0.15) is 0 Å². The number of anilines is 2. The van der Waals surface area contributed by atoms with E-state index in [-0.39, 0.29) is 5.91 Å². The summed E-state index contributed by atoms with van der Waals surface area (Å²) in [5.41, 5.74) is 5.42. The normalized spacial score (nSPS) is 10.7. The fourth-order valence-electron chi connectivity index (χ4n) is 3.22. The number of rotatable bonds is 6. The molecule has 1 amide bonds. The molecular weight excluding hydrogens is 336 g/mol. The molecule has 0 aliphatic rings. The van der Waals surface area contributed by atoms with Gasteiger partial charge in [-0.3, -0.25) is 4.79 Å². The summed E-state index contributed by atoms with van der Waals surface area (Å²) < 4.78 is 1.81. The van der Waals surface area contributed by atoms with Crippen molar-refractivity contribution >= 4 is 17.3 Å². The predicted molar refractivity (Wildman–Crippen MR) is 111 cm³/mol. The van der Waals surface area contributed by atoms with Gasteiger partial charge in [-0.05, 0) is 63.6 Å². The second-order valence-electron chi connectivity index (χ2n) is 6.52. The molecule has 5 heteroatoms. The topological polar surface area (TPSA) is 50.2 Å². The van der Waals surface area contributed by atoms with Gasteiger partial charge in [0.05, 0.1) is 23.1 Å². The molecule has 0 bridgehead atoms. The summed E-state index contributed by atoms with van der Waals surface area (Å²) in [6.07, 6.45) is 1.63. The van der Waals surface area contributed by atoms with Crippen LogP contribution in [0.4, 0.5) is 11.4 Å². The molecular formula is C22H26N4O. The lowest BCUT2D eigenvalue weighted by Crippen LogP contribution is -2.21. The lowest BCUT2D eigenvalue weighted by atomic mass is 10.2. The lowest BCUT2D eigenvalue weighted by molar-refractivity contribution is 0.102. The Morgan fingerprint density at radius 1 is 1.04 bits per heavy atom. The van der Waals surface area contributed by atoms with Crippen molar-refractivity contribution in [2.24, 2.45) is 0 Å². The van der Waals surface area contributed by atoms with Crippen molar-refractivity contribution in [1.29, 1.82) is 0 Å². The maximum absolute atomic E-state index is 12.7. The molecule has 3 aromatic rings. The zero-order chi connectivity index (χ0) is 19.4. The number of carbonyl (C=O) groups excluding carboxylic acids is 1. The molecule has 0 atom stereocenters. The zero-order valence-electron chi connectivity index (χ0n) is 16.4. The van der Waals surface area contributed by atoms with E-state index in [4.69, 9.17) is 0 Å². The van der Waals surface area contributed by atoms with Crippen LogP contribution >= 0.6 is 0 Å². The molecule has 5 nitrogen and oxygen atoms in total. The van der Waals surface area contributed by atoms with Crippen LogP contribution in [-0.2, 0) is 0 Å². The SMILES string of the molecule is CCN(CC)c1ccc(NC(=O)c2cnn(-c3ccccc3C)c2C)cc1. The quantitative estimate of drug-likeness (QED) is 0.698. The number of nitrogens with zero attached hydrogens (tertiary/aromatic N) is 3. The van der Waals surface area contributed by atoms with Crippen LogP contribution in [0.25, 0.3) is 5.69 Å². The minimum absolute atomic E-state index is 0.150. The molecule has 1 aromatic heterocycles. The number of nitrogens with one attached hydrogen (secondary N) is 1.